The summed E-state index contributed by atoms with van der Waals surface area (Å²) in [6.45, 7) is 6.41. The lowest BCUT2D eigenvalue weighted by Crippen LogP contribution is -2.53. The molecule has 0 radical (unpaired) electrons. The van der Waals surface area contributed by atoms with E-state index >= 15 is 0 Å². The Morgan fingerprint density at radius 1 is 1.27 bits per heavy atom. The molecule has 2 rings (SSSR count). The number of Topliss-reactive ketones (excluding diaryl/α,β-unsaturated/α-hetero) is 1. The molecule has 0 aromatic heterocycles. The summed E-state index contributed by atoms with van der Waals surface area (Å²) in [6, 6.07) is 0. The van der Waals surface area contributed by atoms with Gasteiger partial charge in [0.15, 0.2) is 5.78 Å². The van der Waals surface area contributed by atoms with Gasteiger partial charge in [0, 0.05) is 13.1 Å². The van der Waals surface area contributed by atoms with E-state index in [0.717, 1.165) is 0 Å². The van der Waals surface area contributed by atoms with Gasteiger partial charge >= 0.3 is 6.09 Å². The van der Waals surface area contributed by atoms with Crippen LogP contribution in [0.25, 0.3) is 0 Å². The highest BCUT2D eigenvalue weighted by molar-refractivity contribution is 6.05. The van der Waals surface area contributed by atoms with Crippen LogP contribution in [-0.4, -0.2) is 70.1 Å². The molecule has 124 valence electrons. The maximum Gasteiger partial charge on any atom is 0.410 e. The van der Waals surface area contributed by atoms with Crippen molar-refractivity contribution in [2.75, 3.05) is 26.2 Å². The van der Waals surface area contributed by atoms with Gasteiger partial charge in [0.05, 0.1) is 25.1 Å². The highest BCUT2D eigenvalue weighted by Crippen LogP contribution is 2.26. The standard InChI is InChI=1S/C15H24N2O5/c1-14(2,3)22-13(20)16-6-4-15(21,5-7-16)10-17-9-11(18)8-12(17)19/h21H,4-10H2,1-3H3. The highest BCUT2D eigenvalue weighted by atomic mass is 16.6. The summed E-state index contributed by atoms with van der Waals surface area (Å²) >= 11 is 0. The summed E-state index contributed by atoms with van der Waals surface area (Å²) in [4.78, 5) is 37.9. The van der Waals surface area contributed by atoms with Crippen molar-refractivity contribution in [3.63, 3.8) is 0 Å². The topological polar surface area (TPSA) is 87.2 Å². The second-order valence-electron chi connectivity index (χ2n) is 7.16. The van der Waals surface area contributed by atoms with Gasteiger partial charge in [0.1, 0.15) is 5.60 Å². The zero-order chi connectivity index (χ0) is 16.5. The van der Waals surface area contributed by atoms with Crippen LogP contribution in [0, 0.1) is 0 Å². The van der Waals surface area contributed by atoms with Gasteiger partial charge < -0.3 is 19.6 Å². The number of hydrogen-bond donors (Lipinski definition) is 1. The number of amides is 2. The molecule has 0 aliphatic carbocycles. The van der Waals surface area contributed by atoms with Gasteiger partial charge in [-0.1, -0.05) is 0 Å². The Morgan fingerprint density at radius 3 is 2.32 bits per heavy atom. The number of hydrogen-bond acceptors (Lipinski definition) is 5. The summed E-state index contributed by atoms with van der Waals surface area (Å²) in [5.74, 6) is -0.340. The minimum atomic E-state index is -1.04. The molecule has 0 spiro atoms. The molecule has 2 saturated heterocycles. The number of ether oxygens (including phenoxy) is 1. The Morgan fingerprint density at radius 2 is 1.86 bits per heavy atom. The lowest BCUT2D eigenvalue weighted by Gasteiger charge is -2.40. The molecule has 2 amide bonds. The smallest absolute Gasteiger partial charge is 0.410 e. The van der Waals surface area contributed by atoms with Crippen LogP contribution in [0.3, 0.4) is 0 Å². The zero-order valence-electron chi connectivity index (χ0n) is 13.4. The first-order chi connectivity index (χ1) is 10.1. The molecule has 0 unspecified atom stereocenters. The lowest BCUT2D eigenvalue weighted by molar-refractivity contribution is -0.132. The minimum absolute atomic E-state index is 0.0693. The van der Waals surface area contributed by atoms with Crippen molar-refractivity contribution in [3.8, 4) is 0 Å². The molecule has 2 aliphatic rings. The summed E-state index contributed by atoms with van der Waals surface area (Å²) in [5, 5.41) is 10.6. The number of piperidine rings is 1. The quantitative estimate of drug-likeness (QED) is 0.752. The summed E-state index contributed by atoms with van der Waals surface area (Å²) in [5.41, 5.74) is -1.59. The molecule has 1 N–H and O–H groups in total. The third-order valence-electron chi connectivity index (χ3n) is 3.90. The number of likely N-dealkylation sites (tertiary alicyclic amines) is 2. The molecule has 0 aromatic rings. The average Bonchev–Trinajstić information content (AvgIpc) is 2.65. The molecule has 2 fully saturated rings. The largest absolute Gasteiger partial charge is 0.444 e. The van der Waals surface area contributed by atoms with E-state index in [-0.39, 0.29) is 37.3 Å². The Hall–Kier alpha value is -1.63. The maximum atomic E-state index is 12.0. The second-order valence-corrected chi connectivity index (χ2v) is 7.16. The van der Waals surface area contributed by atoms with Crippen molar-refractivity contribution in [2.24, 2.45) is 0 Å². The van der Waals surface area contributed by atoms with Gasteiger partial charge in [0.25, 0.3) is 0 Å². The van der Waals surface area contributed by atoms with E-state index in [0.29, 0.717) is 25.9 Å². The fourth-order valence-corrected chi connectivity index (χ4v) is 2.73. The van der Waals surface area contributed by atoms with Crippen LogP contribution in [0.2, 0.25) is 0 Å². The van der Waals surface area contributed by atoms with Crippen LogP contribution >= 0.6 is 0 Å². The maximum absolute atomic E-state index is 12.0. The minimum Gasteiger partial charge on any atom is -0.444 e. The fourth-order valence-electron chi connectivity index (χ4n) is 2.73. The number of aliphatic hydroxyl groups is 1. The normalized spacial score (nSPS) is 22.2. The van der Waals surface area contributed by atoms with Gasteiger partial charge in [0.2, 0.25) is 5.91 Å². The van der Waals surface area contributed by atoms with Crippen LogP contribution in [0.15, 0.2) is 0 Å². The SMILES string of the molecule is CC(C)(C)OC(=O)N1CCC(O)(CN2CC(=O)CC2=O)CC1. The van der Waals surface area contributed by atoms with Crippen LogP contribution in [0.1, 0.15) is 40.0 Å². The highest BCUT2D eigenvalue weighted by Gasteiger charge is 2.39. The number of ketones is 1. The van der Waals surface area contributed by atoms with E-state index in [2.05, 4.69) is 0 Å². The van der Waals surface area contributed by atoms with Crippen molar-refractivity contribution >= 4 is 17.8 Å². The Kier molecular flexibility index (Phi) is 4.47. The molecule has 0 atom stereocenters. The van der Waals surface area contributed by atoms with Gasteiger partial charge in [-0.2, -0.15) is 0 Å². The van der Waals surface area contributed by atoms with Crippen molar-refractivity contribution in [2.45, 2.75) is 51.2 Å². The number of β-amino-alcohol motifs (C(OH)–C–C–N with tert-alkyl or cyclic N) is 1. The Labute approximate surface area is 130 Å². The van der Waals surface area contributed by atoms with E-state index in [4.69, 9.17) is 4.74 Å². The molecular formula is C15H24N2O5. The summed E-state index contributed by atoms with van der Waals surface area (Å²) < 4.78 is 5.31. The predicted molar refractivity (Wildman–Crippen MR) is 78.2 cm³/mol. The number of rotatable bonds is 2. The zero-order valence-corrected chi connectivity index (χ0v) is 13.4. The van der Waals surface area contributed by atoms with Gasteiger partial charge in [-0.05, 0) is 33.6 Å². The van der Waals surface area contributed by atoms with Gasteiger partial charge in [-0.3, -0.25) is 9.59 Å². The molecule has 2 heterocycles. The van der Waals surface area contributed by atoms with E-state index in [9.17, 15) is 19.5 Å². The molecule has 2 aliphatic heterocycles. The first kappa shape index (κ1) is 16.7. The molecule has 22 heavy (non-hydrogen) atoms. The number of carbonyl (C=O) groups is 3. The van der Waals surface area contributed by atoms with Crippen LogP contribution < -0.4 is 0 Å². The summed E-state index contributed by atoms with van der Waals surface area (Å²) in [6.07, 6.45) is 0.274. The van der Waals surface area contributed by atoms with E-state index in [1.54, 1.807) is 25.7 Å². The third-order valence-corrected chi connectivity index (χ3v) is 3.90. The van der Waals surface area contributed by atoms with Gasteiger partial charge in [-0.25, -0.2) is 4.79 Å². The number of nitrogens with zero attached hydrogens (tertiary/aromatic N) is 2. The molecule has 0 aromatic carbocycles. The molecule has 7 heteroatoms. The molecule has 0 bridgehead atoms. The van der Waals surface area contributed by atoms with Crippen molar-refractivity contribution in [1.82, 2.24) is 9.80 Å². The monoisotopic (exact) mass is 312 g/mol. The second kappa shape index (κ2) is 5.87. The molecular weight excluding hydrogens is 288 g/mol. The van der Waals surface area contributed by atoms with Crippen LogP contribution in [0.4, 0.5) is 4.79 Å². The molecule has 0 saturated carbocycles. The van der Waals surface area contributed by atoms with Crippen molar-refractivity contribution in [1.29, 1.82) is 0 Å². The van der Waals surface area contributed by atoms with E-state index < -0.39 is 11.2 Å². The molecule has 7 nitrogen and oxygen atoms in total. The van der Waals surface area contributed by atoms with Crippen molar-refractivity contribution < 1.29 is 24.2 Å². The average molecular weight is 312 g/mol. The van der Waals surface area contributed by atoms with Crippen molar-refractivity contribution in [3.05, 3.63) is 0 Å². The first-order valence-electron chi connectivity index (χ1n) is 7.58. The van der Waals surface area contributed by atoms with Crippen LogP contribution in [0.5, 0.6) is 0 Å². The van der Waals surface area contributed by atoms with Gasteiger partial charge in [-0.15, -0.1) is 0 Å². The lowest BCUT2D eigenvalue weighted by atomic mass is 9.91. The Bertz CT molecular complexity index is 475. The third kappa shape index (κ3) is 4.19. The fraction of sp³-hybridized carbons (Fsp3) is 0.800. The van der Waals surface area contributed by atoms with E-state index in [1.807, 2.05) is 0 Å². The summed E-state index contributed by atoms with van der Waals surface area (Å²) in [7, 11) is 0. The number of carbonyl (C=O) groups excluding carboxylic acids is 3. The van der Waals surface area contributed by atoms with Crippen LogP contribution in [-0.2, 0) is 14.3 Å². The van der Waals surface area contributed by atoms with E-state index in [1.165, 1.54) is 4.90 Å². The Balaban J connectivity index is 1.86. The first-order valence-corrected chi connectivity index (χ1v) is 7.58. The predicted octanol–water partition coefficient (Wildman–Crippen LogP) is 0.550.